The van der Waals surface area contributed by atoms with Crippen LogP contribution in [0.5, 0.6) is 0 Å². The third-order valence-corrected chi connectivity index (χ3v) is 7.03. The summed E-state index contributed by atoms with van der Waals surface area (Å²) in [4.78, 5) is 3.84. The van der Waals surface area contributed by atoms with Gasteiger partial charge in [-0.1, -0.05) is 12.1 Å². The molecule has 1 N–H and O–H groups in total. The summed E-state index contributed by atoms with van der Waals surface area (Å²) in [6, 6.07) is 19.2. The highest BCUT2D eigenvalue weighted by molar-refractivity contribution is 7.11. The van der Waals surface area contributed by atoms with Gasteiger partial charge in [0.2, 0.25) is 0 Å². The Bertz CT molecular complexity index is 1100. The zero-order valence-electron chi connectivity index (χ0n) is 16.6. The number of rotatable bonds is 9. The number of hydrogen-bond acceptors (Lipinski definition) is 7. The molecule has 31 heavy (non-hydrogen) atoms. The lowest BCUT2D eigenvalue weighted by atomic mass is 9.97. The van der Waals surface area contributed by atoms with E-state index in [1.807, 2.05) is 71.4 Å². The van der Waals surface area contributed by atoms with Crippen molar-refractivity contribution >= 4 is 22.7 Å². The van der Waals surface area contributed by atoms with Crippen molar-refractivity contribution in [3.05, 3.63) is 117 Å². The summed E-state index contributed by atoms with van der Waals surface area (Å²) in [7, 11) is 0. The van der Waals surface area contributed by atoms with E-state index in [1.54, 1.807) is 12.5 Å². The monoisotopic (exact) mass is 451 g/mol. The van der Waals surface area contributed by atoms with Crippen LogP contribution in [-0.4, -0.2) is 10.0 Å². The molecule has 5 nitrogen and oxygen atoms in total. The maximum Gasteiger partial charge on any atom is 0.191 e. The zero-order chi connectivity index (χ0) is 21.1. The van der Waals surface area contributed by atoms with Crippen LogP contribution in [0, 0.1) is 0 Å². The Morgan fingerprint density at radius 1 is 0.710 bits per heavy atom. The number of thiophene rings is 2. The maximum absolute atomic E-state index is 11.7. The minimum atomic E-state index is -1.30. The fraction of sp³-hybridized carbons (Fsp3) is 0.167. The second kappa shape index (κ2) is 8.72. The molecule has 0 unspecified atom stereocenters. The van der Waals surface area contributed by atoms with E-state index in [0.29, 0.717) is 25.4 Å². The number of furan rings is 3. The van der Waals surface area contributed by atoms with Crippen LogP contribution in [-0.2, 0) is 25.2 Å². The SMILES string of the molecule is OC(c1ccc(CN(Cc2ccco2)Cc2ccco2)o1)(c1cccs1)c1cccs1. The number of nitrogens with zero attached hydrogens (tertiary/aromatic N) is 1. The molecule has 0 bridgehead atoms. The fourth-order valence-corrected chi connectivity index (χ4v) is 5.37. The average Bonchev–Trinajstić information content (AvgIpc) is 3.60. The molecule has 5 heterocycles. The molecular weight excluding hydrogens is 430 g/mol. The quantitative estimate of drug-likeness (QED) is 0.294. The maximum atomic E-state index is 11.7. The molecule has 5 aromatic heterocycles. The van der Waals surface area contributed by atoms with Crippen molar-refractivity contribution in [1.82, 2.24) is 4.90 Å². The predicted molar refractivity (Wildman–Crippen MR) is 120 cm³/mol. The van der Waals surface area contributed by atoms with Gasteiger partial charge in [-0.15, -0.1) is 22.7 Å². The third kappa shape index (κ3) is 4.18. The van der Waals surface area contributed by atoms with E-state index in [-0.39, 0.29) is 0 Å². The minimum absolute atomic E-state index is 0.517. The molecule has 7 heteroatoms. The Morgan fingerprint density at radius 3 is 1.77 bits per heavy atom. The second-order valence-corrected chi connectivity index (χ2v) is 9.13. The first-order valence-corrected chi connectivity index (χ1v) is 11.6. The second-order valence-electron chi connectivity index (χ2n) is 7.23. The van der Waals surface area contributed by atoms with Crippen molar-refractivity contribution in [3.8, 4) is 0 Å². The molecule has 0 aliphatic carbocycles. The first kappa shape index (κ1) is 20.1. The van der Waals surface area contributed by atoms with Gasteiger partial charge >= 0.3 is 0 Å². The lowest BCUT2D eigenvalue weighted by molar-refractivity contribution is 0.101. The van der Waals surface area contributed by atoms with E-state index in [2.05, 4.69) is 4.90 Å². The Hall–Kier alpha value is -2.84. The lowest BCUT2D eigenvalue weighted by Gasteiger charge is -2.24. The van der Waals surface area contributed by atoms with Gasteiger partial charge in [-0.2, -0.15) is 0 Å². The van der Waals surface area contributed by atoms with Crippen molar-refractivity contribution in [2.45, 2.75) is 25.2 Å². The van der Waals surface area contributed by atoms with Crippen molar-refractivity contribution in [3.63, 3.8) is 0 Å². The topological polar surface area (TPSA) is 62.9 Å². The molecule has 0 fully saturated rings. The van der Waals surface area contributed by atoms with E-state index in [4.69, 9.17) is 13.3 Å². The van der Waals surface area contributed by atoms with E-state index in [1.165, 1.54) is 22.7 Å². The Labute approximate surface area is 187 Å². The van der Waals surface area contributed by atoms with Crippen LogP contribution in [0.15, 0.2) is 97.2 Å². The normalized spacial score (nSPS) is 12.1. The van der Waals surface area contributed by atoms with Gasteiger partial charge < -0.3 is 18.4 Å². The Balaban J connectivity index is 1.42. The van der Waals surface area contributed by atoms with Gasteiger partial charge in [0.05, 0.1) is 32.2 Å². The molecular formula is C24H21NO4S2. The first-order valence-electron chi connectivity index (χ1n) is 9.88. The van der Waals surface area contributed by atoms with Crippen LogP contribution in [0.25, 0.3) is 0 Å². The molecule has 0 aliphatic heterocycles. The van der Waals surface area contributed by atoms with Crippen molar-refractivity contribution in [2.24, 2.45) is 0 Å². The highest BCUT2D eigenvalue weighted by Crippen LogP contribution is 2.41. The van der Waals surface area contributed by atoms with Crippen LogP contribution >= 0.6 is 22.7 Å². The average molecular weight is 452 g/mol. The van der Waals surface area contributed by atoms with Gasteiger partial charge in [0.1, 0.15) is 23.0 Å². The number of hydrogen-bond donors (Lipinski definition) is 1. The zero-order valence-corrected chi connectivity index (χ0v) is 18.3. The molecule has 158 valence electrons. The molecule has 0 spiro atoms. The predicted octanol–water partition coefficient (Wildman–Crippen LogP) is 6.08. The van der Waals surface area contributed by atoms with E-state index in [9.17, 15) is 5.11 Å². The van der Waals surface area contributed by atoms with Crippen LogP contribution in [0.2, 0.25) is 0 Å². The van der Waals surface area contributed by atoms with Crippen molar-refractivity contribution in [1.29, 1.82) is 0 Å². The molecule has 0 amide bonds. The van der Waals surface area contributed by atoms with E-state index in [0.717, 1.165) is 27.0 Å². The van der Waals surface area contributed by atoms with Gasteiger partial charge in [0.15, 0.2) is 5.60 Å². The van der Waals surface area contributed by atoms with Gasteiger partial charge in [-0.25, -0.2) is 0 Å². The first-order chi connectivity index (χ1) is 15.2. The molecule has 0 atom stereocenters. The smallest absolute Gasteiger partial charge is 0.191 e. The van der Waals surface area contributed by atoms with E-state index < -0.39 is 5.60 Å². The van der Waals surface area contributed by atoms with Crippen LogP contribution in [0.4, 0.5) is 0 Å². The summed E-state index contributed by atoms with van der Waals surface area (Å²) in [6.45, 7) is 1.78. The molecule has 0 radical (unpaired) electrons. The third-order valence-electron chi connectivity index (χ3n) is 5.07. The Kier molecular flexibility index (Phi) is 5.65. The molecule has 5 aromatic rings. The van der Waals surface area contributed by atoms with Crippen LogP contribution in [0.1, 0.15) is 32.8 Å². The standard InChI is InChI=1S/C24H21NO4S2/c26-24(22-7-3-13-30-22,23-8-4-14-31-23)21-10-9-20(29-21)17-25(15-18-5-1-11-27-18)16-19-6-2-12-28-19/h1-14,26H,15-17H2. The minimum Gasteiger partial charge on any atom is -0.468 e. The summed E-state index contributed by atoms with van der Waals surface area (Å²) in [5.74, 6) is 3.02. The van der Waals surface area contributed by atoms with Crippen molar-refractivity contribution in [2.75, 3.05) is 0 Å². The van der Waals surface area contributed by atoms with Gasteiger partial charge in [-0.3, -0.25) is 4.90 Å². The van der Waals surface area contributed by atoms with Crippen LogP contribution < -0.4 is 0 Å². The largest absolute Gasteiger partial charge is 0.468 e. The highest BCUT2D eigenvalue weighted by atomic mass is 32.1. The molecule has 0 saturated carbocycles. The highest BCUT2D eigenvalue weighted by Gasteiger charge is 2.39. The lowest BCUT2D eigenvalue weighted by Crippen LogP contribution is -2.26. The Morgan fingerprint density at radius 2 is 1.29 bits per heavy atom. The molecule has 0 saturated heterocycles. The van der Waals surface area contributed by atoms with Gasteiger partial charge in [-0.05, 0) is 59.3 Å². The van der Waals surface area contributed by atoms with Gasteiger partial charge in [0, 0.05) is 9.75 Å². The summed E-state index contributed by atoms with van der Waals surface area (Å²) >= 11 is 3.03. The summed E-state index contributed by atoms with van der Waals surface area (Å²) < 4.78 is 17.3. The van der Waals surface area contributed by atoms with Crippen molar-refractivity contribution < 1.29 is 18.4 Å². The molecule has 0 aliphatic rings. The summed E-state index contributed by atoms with van der Waals surface area (Å²) in [6.07, 6.45) is 3.35. The summed E-state index contributed by atoms with van der Waals surface area (Å²) in [5.41, 5.74) is -1.30. The van der Waals surface area contributed by atoms with E-state index >= 15 is 0 Å². The van der Waals surface area contributed by atoms with Crippen LogP contribution in [0.3, 0.4) is 0 Å². The number of aliphatic hydroxyl groups is 1. The molecule has 5 rings (SSSR count). The fourth-order valence-electron chi connectivity index (χ4n) is 3.62. The van der Waals surface area contributed by atoms with Gasteiger partial charge in [0.25, 0.3) is 0 Å². The molecule has 0 aromatic carbocycles. The summed E-state index contributed by atoms with van der Waals surface area (Å²) in [5, 5.41) is 15.7.